The lowest BCUT2D eigenvalue weighted by molar-refractivity contribution is -0.192. The largest absolute Gasteiger partial charge is 0.350 e. The van der Waals surface area contributed by atoms with Gasteiger partial charge < -0.3 is 9.47 Å². The van der Waals surface area contributed by atoms with Crippen LogP contribution < -0.4 is 0 Å². The summed E-state index contributed by atoms with van der Waals surface area (Å²) in [6, 6.07) is 0. The average molecular weight is 258 g/mol. The van der Waals surface area contributed by atoms with E-state index in [0.29, 0.717) is 12.2 Å². The van der Waals surface area contributed by atoms with Crippen LogP contribution in [0.15, 0.2) is 0 Å². The lowest BCUT2D eigenvalue weighted by Crippen LogP contribution is -2.26. The zero-order valence-corrected chi connectivity index (χ0v) is 13.2. The van der Waals surface area contributed by atoms with Crippen molar-refractivity contribution in [2.45, 2.75) is 104 Å². The maximum Gasteiger partial charge on any atom is 0.158 e. The zero-order chi connectivity index (χ0) is 13.8. The Morgan fingerprint density at radius 2 is 1.22 bits per heavy atom. The second-order valence-corrected chi connectivity index (χ2v) is 5.40. The molecule has 2 heteroatoms. The van der Waals surface area contributed by atoms with Gasteiger partial charge in [0.2, 0.25) is 0 Å². The molecule has 0 saturated heterocycles. The molecule has 0 aliphatic heterocycles. The van der Waals surface area contributed by atoms with Crippen LogP contribution in [-0.2, 0) is 9.47 Å². The number of rotatable bonds is 12. The molecule has 0 amide bonds. The minimum Gasteiger partial charge on any atom is -0.350 e. The van der Waals surface area contributed by atoms with E-state index in [4.69, 9.17) is 9.47 Å². The quantitative estimate of drug-likeness (QED) is 0.349. The van der Waals surface area contributed by atoms with Gasteiger partial charge in [-0.2, -0.15) is 0 Å². The summed E-state index contributed by atoms with van der Waals surface area (Å²) in [5, 5.41) is 0. The van der Waals surface area contributed by atoms with E-state index >= 15 is 0 Å². The molecule has 0 fully saturated rings. The van der Waals surface area contributed by atoms with E-state index in [1.54, 1.807) is 0 Å². The summed E-state index contributed by atoms with van der Waals surface area (Å²) < 4.78 is 12.0. The monoisotopic (exact) mass is 258 g/mol. The van der Waals surface area contributed by atoms with Crippen LogP contribution in [0.1, 0.15) is 86.0 Å². The van der Waals surface area contributed by atoms with Crippen LogP contribution in [0.5, 0.6) is 0 Å². The van der Waals surface area contributed by atoms with Crippen LogP contribution in [0.3, 0.4) is 0 Å². The molecular weight excluding hydrogens is 224 g/mol. The molecule has 0 aliphatic rings. The van der Waals surface area contributed by atoms with Crippen molar-refractivity contribution in [1.29, 1.82) is 0 Å². The average Bonchev–Trinajstić information content (AvgIpc) is 2.29. The predicted molar refractivity (Wildman–Crippen MR) is 78.8 cm³/mol. The maximum atomic E-state index is 6.03. The van der Waals surface area contributed by atoms with E-state index in [-0.39, 0.29) is 6.29 Å². The van der Waals surface area contributed by atoms with Crippen LogP contribution >= 0.6 is 0 Å². The molecule has 2 nitrogen and oxygen atoms in total. The van der Waals surface area contributed by atoms with Gasteiger partial charge in [0, 0.05) is 0 Å². The fourth-order valence-corrected chi connectivity index (χ4v) is 2.15. The molecular formula is C16H34O2. The van der Waals surface area contributed by atoms with Crippen LogP contribution in [0.2, 0.25) is 0 Å². The van der Waals surface area contributed by atoms with Crippen molar-refractivity contribution in [3.05, 3.63) is 0 Å². The van der Waals surface area contributed by atoms with Gasteiger partial charge in [-0.05, 0) is 33.1 Å². The van der Waals surface area contributed by atoms with Crippen molar-refractivity contribution < 1.29 is 9.47 Å². The Morgan fingerprint density at radius 1 is 0.667 bits per heavy atom. The van der Waals surface area contributed by atoms with E-state index in [1.807, 2.05) is 0 Å². The Morgan fingerprint density at radius 3 is 1.72 bits per heavy atom. The van der Waals surface area contributed by atoms with E-state index in [2.05, 4.69) is 34.6 Å². The SMILES string of the molecule is CCCCCC(C)OC(CCC)OC(C)CCC. The highest BCUT2D eigenvalue weighted by atomic mass is 16.7. The second-order valence-electron chi connectivity index (χ2n) is 5.40. The maximum absolute atomic E-state index is 6.03. The van der Waals surface area contributed by atoms with Crippen LogP contribution in [0.25, 0.3) is 0 Å². The van der Waals surface area contributed by atoms with Crippen molar-refractivity contribution in [2.24, 2.45) is 0 Å². The lowest BCUT2D eigenvalue weighted by Gasteiger charge is -2.25. The Hall–Kier alpha value is -0.0800. The first-order valence-corrected chi connectivity index (χ1v) is 7.94. The summed E-state index contributed by atoms with van der Waals surface area (Å²) in [6.45, 7) is 10.9. The Bertz CT molecular complexity index is 170. The van der Waals surface area contributed by atoms with Gasteiger partial charge in [-0.1, -0.05) is 52.9 Å². The van der Waals surface area contributed by atoms with E-state index in [0.717, 1.165) is 25.7 Å². The molecule has 0 saturated carbocycles. The van der Waals surface area contributed by atoms with Gasteiger partial charge >= 0.3 is 0 Å². The van der Waals surface area contributed by atoms with Crippen LogP contribution in [0.4, 0.5) is 0 Å². The van der Waals surface area contributed by atoms with Gasteiger partial charge in [-0.15, -0.1) is 0 Å². The molecule has 0 aliphatic carbocycles. The molecule has 0 aromatic rings. The molecule has 18 heavy (non-hydrogen) atoms. The molecule has 0 rings (SSSR count). The summed E-state index contributed by atoms with van der Waals surface area (Å²) in [7, 11) is 0. The zero-order valence-electron chi connectivity index (χ0n) is 13.2. The number of hydrogen-bond acceptors (Lipinski definition) is 2. The normalized spacial score (nSPS) is 16.5. The first kappa shape index (κ1) is 17.9. The minimum absolute atomic E-state index is 0.00632. The summed E-state index contributed by atoms with van der Waals surface area (Å²) in [5.41, 5.74) is 0. The van der Waals surface area contributed by atoms with Crippen LogP contribution in [-0.4, -0.2) is 18.5 Å². The molecule has 3 unspecified atom stereocenters. The first-order valence-electron chi connectivity index (χ1n) is 7.94. The third-order valence-electron chi connectivity index (χ3n) is 3.20. The van der Waals surface area contributed by atoms with Gasteiger partial charge in [-0.25, -0.2) is 0 Å². The van der Waals surface area contributed by atoms with Crippen molar-refractivity contribution in [3.63, 3.8) is 0 Å². The number of hydrogen-bond donors (Lipinski definition) is 0. The standard InChI is InChI=1S/C16H34O2/c1-6-9-10-13-15(5)18-16(12-8-3)17-14(4)11-7-2/h14-16H,6-13H2,1-5H3. The molecule has 0 aromatic heterocycles. The molecule has 0 radical (unpaired) electrons. The summed E-state index contributed by atoms with van der Waals surface area (Å²) in [4.78, 5) is 0. The Balaban J connectivity index is 3.92. The van der Waals surface area contributed by atoms with Crippen LogP contribution in [0, 0.1) is 0 Å². The van der Waals surface area contributed by atoms with E-state index in [1.165, 1.54) is 25.7 Å². The highest BCUT2D eigenvalue weighted by molar-refractivity contribution is 4.57. The van der Waals surface area contributed by atoms with Gasteiger partial charge in [0.1, 0.15) is 0 Å². The third-order valence-corrected chi connectivity index (χ3v) is 3.20. The molecule has 0 bridgehead atoms. The summed E-state index contributed by atoms with van der Waals surface area (Å²) in [6.07, 6.45) is 10.0. The fourth-order valence-electron chi connectivity index (χ4n) is 2.15. The van der Waals surface area contributed by atoms with E-state index < -0.39 is 0 Å². The summed E-state index contributed by atoms with van der Waals surface area (Å²) in [5.74, 6) is 0. The molecule has 0 heterocycles. The van der Waals surface area contributed by atoms with Crippen molar-refractivity contribution in [1.82, 2.24) is 0 Å². The highest BCUT2D eigenvalue weighted by Crippen LogP contribution is 2.15. The Kier molecular flexibility index (Phi) is 11.9. The van der Waals surface area contributed by atoms with Gasteiger partial charge in [0.05, 0.1) is 12.2 Å². The smallest absolute Gasteiger partial charge is 0.158 e. The predicted octanol–water partition coefficient (Wildman–Crippen LogP) is 5.30. The first-order chi connectivity index (χ1) is 8.63. The van der Waals surface area contributed by atoms with E-state index in [9.17, 15) is 0 Å². The molecule has 0 aromatic carbocycles. The highest BCUT2D eigenvalue weighted by Gasteiger charge is 2.15. The summed E-state index contributed by atoms with van der Waals surface area (Å²) >= 11 is 0. The topological polar surface area (TPSA) is 18.5 Å². The molecule has 0 N–H and O–H groups in total. The van der Waals surface area contributed by atoms with Gasteiger partial charge in [0.25, 0.3) is 0 Å². The number of ether oxygens (including phenoxy) is 2. The van der Waals surface area contributed by atoms with Crippen molar-refractivity contribution in [2.75, 3.05) is 0 Å². The Labute approximate surface area is 114 Å². The van der Waals surface area contributed by atoms with Gasteiger partial charge in [-0.3, -0.25) is 0 Å². The second kappa shape index (κ2) is 12.0. The molecule has 3 atom stereocenters. The van der Waals surface area contributed by atoms with Crippen molar-refractivity contribution in [3.8, 4) is 0 Å². The molecule has 110 valence electrons. The minimum atomic E-state index is -0.00632. The fraction of sp³-hybridized carbons (Fsp3) is 1.00. The number of unbranched alkanes of at least 4 members (excludes halogenated alkanes) is 2. The molecule has 0 spiro atoms. The third kappa shape index (κ3) is 9.90. The van der Waals surface area contributed by atoms with Gasteiger partial charge in [0.15, 0.2) is 6.29 Å². The lowest BCUT2D eigenvalue weighted by atomic mass is 10.1. The van der Waals surface area contributed by atoms with Crippen molar-refractivity contribution >= 4 is 0 Å².